The first kappa shape index (κ1) is 13.0. The molecule has 1 rings (SSSR count). The Kier molecular flexibility index (Phi) is 4.79. The van der Waals surface area contributed by atoms with Crippen LogP contribution in [0.15, 0.2) is 18.2 Å². The van der Waals surface area contributed by atoms with Gasteiger partial charge in [0.1, 0.15) is 11.6 Å². The molecule has 4 N–H and O–H groups in total. The van der Waals surface area contributed by atoms with Crippen LogP contribution in [0, 0.1) is 11.6 Å². The Morgan fingerprint density at radius 1 is 1.44 bits per heavy atom. The molecule has 0 amide bonds. The predicted octanol–water partition coefficient (Wildman–Crippen LogP) is 0.935. The van der Waals surface area contributed by atoms with Crippen molar-refractivity contribution >= 4 is 0 Å². The molecule has 0 saturated heterocycles. The molecule has 0 aliphatic rings. The fraction of sp³-hybridized carbons (Fsp3) is 0.455. The van der Waals surface area contributed by atoms with Crippen LogP contribution in [0.25, 0.3) is 0 Å². The highest BCUT2D eigenvalue weighted by atomic mass is 19.1. The summed E-state index contributed by atoms with van der Waals surface area (Å²) >= 11 is 0. The number of benzene rings is 1. The largest absolute Gasteiger partial charge is 0.387 e. The quantitative estimate of drug-likeness (QED) is 0.705. The monoisotopic (exact) mass is 230 g/mol. The van der Waals surface area contributed by atoms with Gasteiger partial charge in [0.25, 0.3) is 0 Å². The van der Waals surface area contributed by atoms with Crippen molar-refractivity contribution in [1.82, 2.24) is 5.32 Å². The molecule has 90 valence electrons. The standard InChI is InChI=1S/C11H16F2N2O/c1-15-5-4-10(14)11(16)8-6-7(12)2-3-9(8)13/h2-3,6,10-11,15-16H,4-5,14H2,1H3. The molecule has 0 radical (unpaired) electrons. The third-order valence-corrected chi connectivity index (χ3v) is 2.41. The van der Waals surface area contributed by atoms with E-state index in [4.69, 9.17) is 5.73 Å². The van der Waals surface area contributed by atoms with Gasteiger partial charge in [-0.15, -0.1) is 0 Å². The molecule has 0 saturated carbocycles. The first-order valence-corrected chi connectivity index (χ1v) is 5.09. The third kappa shape index (κ3) is 3.23. The minimum absolute atomic E-state index is 0.0939. The number of rotatable bonds is 5. The lowest BCUT2D eigenvalue weighted by atomic mass is 10.00. The summed E-state index contributed by atoms with van der Waals surface area (Å²) in [6, 6.07) is 2.34. The van der Waals surface area contributed by atoms with Gasteiger partial charge in [0, 0.05) is 11.6 Å². The Labute approximate surface area is 93.3 Å². The molecule has 3 nitrogen and oxygen atoms in total. The SMILES string of the molecule is CNCCC(N)C(O)c1cc(F)ccc1F. The average Bonchev–Trinajstić information content (AvgIpc) is 2.28. The van der Waals surface area contributed by atoms with Crippen LogP contribution in [0.2, 0.25) is 0 Å². The second-order valence-electron chi connectivity index (χ2n) is 3.67. The molecule has 0 aliphatic heterocycles. The summed E-state index contributed by atoms with van der Waals surface area (Å²) in [5.41, 5.74) is 5.58. The van der Waals surface area contributed by atoms with E-state index in [1.165, 1.54) is 0 Å². The Hall–Kier alpha value is -1.04. The summed E-state index contributed by atoms with van der Waals surface area (Å²) in [4.78, 5) is 0. The number of halogens is 2. The van der Waals surface area contributed by atoms with Crippen LogP contribution in [0.3, 0.4) is 0 Å². The topological polar surface area (TPSA) is 58.3 Å². The summed E-state index contributed by atoms with van der Waals surface area (Å²) in [6.07, 6.45) is -0.711. The highest BCUT2D eigenvalue weighted by Gasteiger charge is 2.20. The molecule has 1 aromatic rings. The smallest absolute Gasteiger partial charge is 0.129 e. The van der Waals surface area contributed by atoms with E-state index in [2.05, 4.69) is 5.32 Å². The van der Waals surface area contributed by atoms with E-state index < -0.39 is 23.8 Å². The molecule has 5 heteroatoms. The second kappa shape index (κ2) is 5.89. The van der Waals surface area contributed by atoms with Gasteiger partial charge in [0.2, 0.25) is 0 Å². The van der Waals surface area contributed by atoms with Gasteiger partial charge in [-0.05, 0) is 38.2 Å². The summed E-state index contributed by atoms with van der Waals surface area (Å²) in [7, 11) is 1.75. The van der Waals surface area contributed by atoms with Gasteiger partial charge in [-0.25, -0.2) is 8.78 Å². The number of nitrogens with one attached hydrogen (secondary N) is 1. The maximum Gasteiger partial charge on any atom is 0.129 e. The summed E-state index contributed by atoms with van der Waals surface area (Å²) < 4.78 is 26.2. The lowest BCUT2D eigenvalue weighted by Crippen LogP contribution is -2.32. The van der Waals surface area contributed by atoms with E-state index in [0.717, 1.165) is 18.2 Å². The number of aliphatic hydroxyl groups excluding tert-OH is 1. The normalized spacial score (nSPS) is 14.8. The maximum absolute atomic E-state index is 13.3. The van der Waals surface area contributed by atoms with Gasteiger partial charge in [0.05, 0.1) is 6.10 Å². The highest BCUT2D eigenvalue weighted by molar-refractivity contribution is 5.22. The van der Waals surface area contributed by atoms with Gasteiger partial charge >= 0.3 is 0 Å². The fourth-order valence-electron chi connectivity index (χ4n) is 1.44. The molecular weight excluding hydrogens is 214 g/mol. The average molecular weight is 230 g/mol. The van der Waals surface area contributed by atoms with Crippen molar-refractivity contribution in [2.75, 3.05) is 13.6 Å². The number of hydrogen-bond acceptors (Lipinski definition) is 3. The van der Waals surface area contributed by atoms with Gasteiger partial charge < -0.3 is 16.2 Å². The van der Waals surface area contributed by atoms with Crippen molar-refractivity contribution in [2.45, 2.75) is 18.6 Å². The van der Waals surface area contributed by atoms with Crippen LogP contribution in [-0.4, -0.2) is 24.7 Å². The minimum atomic E-state index is -1.19. The van der Waals surface area contributed by atoms with Crippen LogP contribution in [-0.2, 0) is 0 Å². The van der Waals surface area contributed by atoms with Crippen LogP contribution in [0.1, 0.15) is 18.1 Å². The fourth-order valence-corrected chi connectivity index (χ4v) is 1.44. The maximum atomic E-state index is 13.3. The Bertz CT molecular complexity index is 347. The van der Waals surface area contributed by atoms with E-state index in [1.54, 1.807) is 7.05 Å². The molecular formula is C11H16F2N2O. The summed E-state index contributed by atoms with van der Waals surface area (Å²) in [5.74, 6) is -1.23. The minimum Gasteiger partial charge on any atom is -0.387 e. The van der Waals surface area contributed by atoms with E-state index >= 15 is 0 Å². The van der Waals surface area contributed by atoms with Gasteiger partial charge in [0.15, 0.2) is 0 Å². The Morgan fingerprint density at radius 3 is 2.75 bits per heavy atom. The molecule has 16 heavy (non-hydrogen) atoms. The zero-order valence-corrected chi connectivity index (χ0v) is 9.08. The van der Waals surface area contributed by atoms with E-state index in [0.29, 0.717) is 13.0 Å². The first-order chi connectivity index (χ1) is 7.56. The zero-order valence-electron chi connectivity index (χ0n) is 9.08. The van der Waals surface area contributed by atoms with Crippen LogP contribution in [0.5, 0.6) is 0 Å². The third-order valence-electron chi connectivity index (χ3n) is 2.41. The predicted molar refractivity (Wildman–Crippen MR) is 57.8 cm³/mol. The van der Waals surface area contributed by atoms with E-state index in [1.807, 2.05) is 0 Å². The molecule has 0 heterocycles. The molecule has 0 fully saturated rings. The van der Waals surface area contributed by atoms with Crippen molar-refractivity contribution < 1.29 is 13.9 Å². The first-order valence-electron chi connectivity index (χ1n) is 5.09. The van der Waals surface area contributed by atoms with Crippen molar-refractivity contribution in [1.29, 1.82) is 0 Å². The van der Waals surface area contributed by atoms with Crippen molar-refractivity contribution in [3.63, 3.8) is 0 Å². The van der Waals surface area contributed by atoms with Gasteiger partial charge in [-0.2, -0.15) is 0 Å². The summed E-state index contributed by atoms with van der Waals surface area (Å²) in [6.45, 7) is 0.606. The zero-order chi connectivity index (χ0) is 12.1. The van der Waals surface area contributed by atoms with Crippen LogP contribution < -0.4 is 11.1 Å². The second-order valence-corrected chi connectivity index (χ2v) is 3.67. The molecule has 0 aliphatic carbocycles. The number of aliphatic hydroxyl groups is 1. The van der Waals surface area contributed by atoms with Crippen molar-refractivity contribution in [3.8, 4) is 0 Å². The lowest BCUT2D eigenvalue weighted by molar-refractivity contribution is 0.137. The Balaban J connectivity index is 2.78. The molecule has 0 aromatic heterocycles. The Morgan fingerprint density at radius 2 is 2.12 bits per heavy atom. The molecule has 0 bridgehead atoms. The summed E-state index contributed by atoms with van der Waals surface area (Å²) in [5, 5.41) is 12.6. The molecule has 2 unspecified atom stereocenters. The van der Waals surface area contributed by atoms with Crippen LogP contribution in [0.4, 0.5) is 8.78 Å². The number of nitrogens with two attached hydrogens (primary N) is 1. The van der Waals surface area contributed by atoms with Crippen LogP contribution >= 0.6 is 0 Å². The van der Waals surface area contributed by atoms with Gasteiger partial charge in [-0.1, -0.05) is 0 Å². The van der Waals surface area contributed by atoms with Crippen molar-refractivity contribution in [2.24, 2.45) is 5.73 Å². The lowest BCUT2D eigenvalue weighted by Gasteiger charge is -2.19. The highest BCUT2D eigenvalue weighted by Crippen LogP contribution is 2.21. The molecule has 0 spiro atoms. The molecule has 2 atom stereocenters. The molecule has 1 aromatic carbocycles. The van der Waals surface area contributed by atoms with E-state index in [9.17, 15) is 13.9 Å². The number of hydrogen-bond donors (Lipinski definition) is 3. The van der Waals surface area contributed by atoms with Gasteiger partial charge in [-0.3, -0.25) is 0 Å². The van der Waals surface area contributed by atoms with Crippen molar-refractivity contribution in [3.05, 3.63) is 35.4 Å². The van der Waals surface area contributed by atoms with E-state index in [-0.39, 0.29) is 5.56 Å².